The third-order valence-electron chi connectivity index (χ3n) is 8.71. The average Bonchev–Trinajstić information content (AvgIpc) is 3.73. The summed E-state index contributed by atoms with van der Waals surface area (Å²) in [7, 11) is 1.44. The molecular formula is C29H34ClF3N2O3. The molecule has 1 aliphatic carbocycles. The molecule has 2 aliphatic heterocycles. The summed E-state index contributed by atoms with van der Waals surface area (Å²) in [4.78, 5) is 18.3. The van der Waals surface area contributed by atoms with Crippen LogP contribution in [0, 0.1) is 11.8 Å². The molecule has 0 bridgehead atoms. The van der Waals surface area contributed by atoms with E-state index in [4.69, 9.17) is 21.1 Å². The van der Waals surface area contributed by atoms with Crippen molar-refractivity contribution in [1.82, 2.24) is 9.88 Å². The van der Waals surface area contributed by atoms with E-state index in [2.05, 4.69) is 28.1 Å². The molecule has 5 nitrogen and oxygen atoms in total. The fourth-order valence-corrected chi connectivity index (χ4v) is 6.50. The molecule has 5 rings (SSSR count). The summed E-state index contributed by atoms with van der Waals surface area (Å²) in [5.41, 5.74) is 1.32. The topological polar surface area (TPSA) is 51.7 Å². The van der Waals surface area contributed by atoms with Crippen LogP contribution >= 0.6 is 11.6 Å². The van der Waals surface area contributed by atoms with Gasteiger partial charge in [-0.25, -0.2) is 4.98 Å². The second-order valence-corrected chi connectivity index (χ2v) is 11.5. The first-order valence-electron chi connectivity index (χ1n) is 13.4. The number of fused-ring (bicyclic) bond motifs is 1. The lowest BCUT2D eigenvalue weighted by Crippen LogP contribution is -2.50. The van der Waals surface area contributed by atoms with Crippen LogP contribution in [0.3, 0.4) is 0 Å². The van der Waals surface area contributed by atoms with Crippen LogP contribution in [0.5, 0.6) is 5.75 Å². The highest BCUT2D eigenvalue weighted by Gasteiger charge is 2.43. The Bertz CT molecular complexity index is 1190. The highest BCUT2D eigenvalue weighted by molar-refractivity contribution is 6.31. The zero-order valence-corrected chi connectivity index (χ0v) is 22.7. The van der Waals surface area contributed by atoms with Crippen LogP contribution in [0.2, 0.25) is 5.02 Å². The number of halogens is 4. The number of nitrogens with zero attached hydrogens (tertiary/aromatic N) is 2. The molecule has 9 heteroatoms. The predicted molar refractivity (Wildman–Crippen MR) is 138 cm³/mol. The molecule has 0 radical (unpaired) electrons. The van der Waals surface area contributed by atoms with Crippen LogP contribution in [-0.2, 0) is 22.1 Å². The second kappa shape index (κ2) is 10.3. The van der Waals surface area contributed by atoms with Gasteiger partial charge in [0.15, 0.2) is 0 Å². The van der Waals surface area contributed by atoms with E-state index < -0.39 is 11.9 Å². The minimum Gasteiger partial charge on any atom is -0.487 e. The number of hydrogen-bond donors (Lipinski definition) is 0. The number of aryl methyl sites for hydroxylation is 1. The highest BCUT2D eigenvalue weighted by atomic mass is 35.5. The van der Waals surface area contributed by atoms with Crippen molar-refractivity contribution in [3.8, 4) is 5.75 Å². The van der Waals surface area contributed by atoms with Crippen molar-refractivity contribution in [3.05, 3.63) is 57.9 Å². The van der Waals surface area contributed by atoms with Gasteiger partial charge < -0.3 is 9.47 Å². The zero-order valence-electron chi connectivity index (χ0n) is 22.0. The number of carbonyl (C=O) groups excluding carboxylic acids is 1. The number of piperidine rings is 1. The zero-order chi connectivity index (χ0) is 27.2. The van der Waals surface area contributed by atoms with Crippen molar-refractivity contribution in [1.29, 1.82) is 0 Å². The number of alkyl halides is 3. The van der Waals surface area contributed by atoms with Crippen molar-refractivity contribution in [2.75, 3.05) is 20.2 Å². The van der Waals surface area contributed by atoms with Gasteiger partial charge in [-0.3, -0.25) is 9.69 Å². The van der Waals surface area contributed by atoms with Gasteiger partial charge in [-0.1, -0.05) is 30.7 Å². The Morgan fingerprint density at radius 1 is 1.16 bits per heavy atom. The van der Waals surface area contributed by atoms with Gasteiger partial charge in [0.1, 0.15) is 17.0 Å². The van der Waals surface area contributed by atoms with E-state index in [1.54, 1.807) is 0 Å². The third kappa shape index (κ3) is 5.39. The summed E-state index contributed by atoms with van der Waals surface area (Å²) in [6.07, 6.45) is 1.06. The molecule has 1 saturated heterocycles. The minimum atomic E-state index is -4.51. The lowest BCUT2D eigenvalue weighted by atomic mass is 9.80. The van der Waals surface area contributed by atoms with E-state index in [0.717, 1.165) is 55.9 Å². The number of likely N-dealkylation sites (tertiary alicyclic amines) is 1. The first-order valence-corrected chi connectivity index (χ1v) is 13.8. The van der Waals surface area contributed by atoms with Gasteiger partial charge in [-0.15, -0.1) is 0 Å². The van der Waals surface area contributed by atoms with Crippen molar-refractivity contribution >= 4 is 17.6 Å². The Labute approximate surface area is 226 Å². The van der Waals surface area contributed by atoms with Gasteiger partial charge in [0.05, 0.1) is 29.8 Å². The third-order valence-corrected chi connectivity index (χ3v) is 9.03. The molecule has 1 saturated carbocycles. The number of hydrogen-bond acceptors (Lipinski definition) is 5. The van der Waals surface area contributed by atoms with Gasteiger partial charge in [0, 0.05) is 13.1 Å². The number of esters is 1. The molecule has 3 aliphatic rings. The normalized spacial score (nSPS) is 21.8. The Hall–Kier alpha value is -2.32. The summed E-state index contributed by atoms with van der Waals surface area (Å²) in [6.45, 7) is 5.15. The summed E-state index contributed by atoms with van der Waals surface area (Å²) in [6, 6.07) is 8.26. The van der Waals surface area contributed by atoms with Crippen molar-refractivity contribution in [2.45, 2.75) is 76.1 Å². The maximum absolute atomic E-state index is 13.2. The van der Waals surface area contributed by atoms with Crippen molar-refractivity contribution in [3.63, 3.8) is 0 Å². The van der Waals surface area contributed by atoms with Crippen LogP contribution in [0.1, 0.15) is 80.4 Å². The van der Waals surface area contributed by atoms with Gasteiger partial charge in [-0.05, 0) is 86.6 Å². The number of benzene rings is 1. The standard InChI is InChI=1S/C29H34ClF3N2O3/c1-17(27(36)37-3)25(20-5-6-20)21-7-4-19-10-11-28(38-23(19)16-21)12-14-35(15-13-28)18(2)26-22(30)8-9-24(34-26)29(31,32)33/h4,7-9,16-18,20,25H,5-6,10-15H2,1-3H3/t17-,18-,25+/m1/s1. The molecule has 0 N–H and O–H groups in total. The van der Waals surface area contributed by atoms with Gasteiger partial charge in [-0.2, -0.15) is 13.2 Å². The number of rotatable bonds is 6. The Kier molecular flexibility index (Phi) is 7.42. The van der Waals surface area contributed by atoms with Crippen molar-refractivity contribution < 1.29 is 27.4 Å². The quantitative estimate of drug-likeness (QED) is 0.363. The van der Waals surface area contributed by atoms with Gasteiger partial charge in [0.25, 0.3) is 0 Å². The largest absolute Gasteiger partial charge is 0.487 e. The predicted octanol–water partition coefficient (Wildman–Crippen LogP) is 6.98. The monoisotopic (exact) mass is 550 g/mol. The van der Waals surface area contributed by atoms with Crippen LogP contribution in [0.4, 0.5) is 13.2 Å². The van der Waals surface area contributed by atoms with E-state index in [-0.39, 0.29) is 40.2 Å². The van der Waals surface area contributed by atoms with E-state index >= 15 is 0 Å². The minimum absolute atomic E-state index is 0.113. The van der Waals surface area contributed by atoms with Gasteiger partial charge in [0.2, 0.25) is 0 Å². The number of methoxy groups -OCH3 is 1. The second-order valence-electron chi connectivity index (χ2n) is 11.1. The molecule has 1 aromatic heterocycles. The molecule has 1 aromatic carbocycles. The van der Waals surface area contributed by atoms with E-state index in [9.17, 15) is 18.0 Å². The van der Waals surface area contributed by atoms with Crippen LogP contribution in [-0.4, -0.2) is 41.7 Å². The summed E-state index contributed by atoms with van der Waals surface area (Å²) < 4.78 is 51.5. The molecule has 206 valence electrons. The maximum Gasteiger partial charge on any atom is 0.433 e. The molecule has 3 heterocycles. The number of ether oxygens (including phenoxy) is 2. The van der Waals surface area contributed by atoms with E-state index in [0.29, 0.717) is 19.0 Å². The maximum atomic E-state index is 13.2. The molecule has 2 fully saturated rings. The summed E-state index contributed by atoms with van der Waals surface area (Å²) in [5.74, 6) is 1.08. The lowest BCUT2D eigenvalue weighted by molar-refractivity contribution is -0.146. The fourth-order valence-electron chi connectivity index (χ4n) is 6.24. The van der Waals surface area contributed by atoms with E-state index in [1.165, 1.54) is 18.7 Å². The Morgan fingerprint density at radius 3 is 2.50 bits per heavy atom. The van der Waals surface area contributed by atoms with Crippen LogP contribution in [0.15, 0.2) is 30.3 Å². The first-order chi connectivity index (χ1) is 18.0. The average molecular weight is 551 g/mol. The fraction of sp³-hybridized carbons (Fsp3) is 0.586. The summed E-state index contributed by atoms with van der Waals surface area (Å²) >= 11 is 6.27. The van der Waals surface area contributed by atoms with Crippen molar-refractivity contribution in [2.24, 2.45) is 11.8 Å². The molecule has 1 spiro atoms. The lowest BCUT2D eigenvalue weighted by Gasteiger charge is -2.46. The number of pyridine rings is 1. The van der Waals surface area contributed by atoms with Gasteiger partial charge >= 0.3 is 12.1 Å². The first kappa shape index (κ1) is 27.3. The van der Waals surface area contributed by atoms with Crippen LogP contribution in [0.25, 0.3) is 0 Å². The molecule has 2 aromatic rings. The van der Waals surface area contributed by atoms with E-state index in [1.807, 2.05) is 13.8 Å². The highest BCUT2D eigenvalue weighted by Crippen LogP contribution is 2.49. The summed E-state index contributed by atoms with van der Waals surface area (Å²) in [5, 5.41) is 0.243. The smallest absolute Gasteiger partial charge is 0.433 e. The molecule has 0 amide bonds. The molecule has 38 heavy (non-hydrogen) atoms. The molecule has 0 unspecified atom stereocenters. The molecular weight excluding hydrogens is 517 g/mol. The van der Waals surface area contributed by atoms with Crippen LogP contribution < -0.4 is 4.74 Å². The Balaban J connectivity index is 1.30. The molecule has 3 atom stereocenters. The number of aromatic nitrogens is 1. The Morgan fingerprint density at radius 2 is 1.87 bits per heavy atom. The number of carbonyl (C=O) groups is 1. The SMILES string of the molecule is COC(=O)[C@H](C)[C@H](c1ccc2c(c1)OC1(CC2)CCN([C@H](C)c2nc(C(F)(F)F)ccc2Cl)CC1)C1CC1.